The van der Waals surface area contributed by atoms with E-state index in [1.807, 2.05) is 19.1 Å². The summed E-state index contributed by atoms with van der Waals surface area (Å²) in [6.07, 6.45) is 2.91. The highest BCUT2D eigenvalue weighted by Gasteiger charge is 1.99. The van der Waals surface area contributed by atoms with Crippen molar-refractivity contribution >= 4 is 5.69 Å². The van der Waals surface area contributed by atoms with Crippen LogP contribution in [0, 0.1) is 0 Å². The van der Waals surface area contributed by atoms with Crippen LogP contribution >= 0.6 is 0 Å². The lowest BCUT2D eigenvalue weighted by atomic mass is 10.2. The van der Waals surface area contributed by atoms with Crippen molar-refractivity contribution in [3.63, 3.8) is 0 Å². The summed E-state index contributed by atoms with van der Waals surface area (Å²) in [5.74, 6) is 0.683. The summed E-state index contributed by atoms with van der Waals surface area (Å²) in [4.78, 5) is 4.17. The van der Waals surface area contributed by atoms with Crippen LogP contribution in [-0.2, 0) is 0 Å². The minimum Gasteiger partial charge on any atom is -0.478 e. The summed E-state index contributed by atoms with van der Waals surface area (Å²) in [7, 11) is 0. The van der Waals surface area contributed by atoms with Crippen LogP contribution in [0.3, 0.4) is 0 Å². The molecule has 1 atom stereocenters. The van der Waals surface area contributed by atoms with Gasteiger partial charge < -0.3 is 10.1 Å². The molecular weight excluding hydrogens is 176 g/mol. The van der Waals surface area contributed by atoms with Crippen molar-refractivity contribution in [3.05, 3.63) is 18.3 Å². The van der Waals surface area contributed by atoms with E-state index in [1.165, 1.54) is 0 Å². The molecule has 0 aromatic carbocycles. The number of hydrogen-bond acceptors (Lipinski definition) is 3. The predicted molar refractivity (Wildman–Crippen MR) is 58.8 cm³/mol. The molecule has 1 heterocycles. The zero-order chi connectivity index (χ0) is 10.4. The molecule has 0 aliphatic heterocycles. The van der Waals surface area contributed by atoms with Crippen LogP contribution in [0.15, 0.2) is 18.3 Å². The third-order valence-corrected chi connectivity index (χ3v) is 2.05. The van der Waals surface area contributed by atoms with Crippen LogP contribution in [-0.4, -0.2) is 17.6 Å². The van der Waals surface area contributed by atoms with Crippen molar-refractivity contribution in [2.75, 3.05) is 11.9 Å². The van der Waals surface area contributed by atoms with Gasteiger partial charge in [-0.15, -0.1) is 0 Å². The summed E-state index contributed by atoms with van der Waals surface area (Å²) < 4.78 is 5.25. The zero-order valence-electron chi connectivity index (χ0n) is 9.08. The van der Waals surface area contributed by atoms with Crippen LogP contribution < -0.4 is 10.1 Å². The molecule has 1 aromatic rings. The molecule has 78 valence electrons. The predicted octanol–water partition coefficient (Wildman–Crippen LogP) is 2.69. The van der Waals surface area contributed by atoms with Gasteiger partial charge in [0.15, 0.2) is 0 Å². The maximum Gasteiger partial charge on any atom is 0.213 e. The summed E-state index contributed by atoms with van der Waals surface area (Å²) in [6, 6.07) is 4.35. The average molecular weight is 194 g/mol. The second kappa shape index (κ2) is 5.47. The lowest BCUT2D eigenvalue weighted by Crippen LogP contribution is -2.13. The molecule has 0 aliphatic carbocycles. The van der Waals surface area contributed by atoms with E-state index in [0.29, 0.717) is 18.5 Å². The summed E-state index contributed by atoms with van der Waals surface area (Å²) in [5.41, 5.74) is 1.04. The standard InChI is InChI=1S/C11H18N2O/c1-4-9(3)13-10-6-7-11(12-8-10)14-5-2/h6-9,13H,4-5H2,1-3H3. The van der Waals surface area contributed by atoms with E-state index in [2.05, 4.69) is 24.1 Å². The molecule has 0 aliphatic rings. The number of nitrogens with one attached hydrogen (secondary N) is 1. The van der Waals surface area contributed by atoms with Gasteiger partial charge in [0.2, 0.25) is 5.88 Å². The van der Waals surface area contributed by atoms with Gasteiger partial charge >= 0.3 is 0 Å². The van der Waals surface area contributed by atoms with Gasteiger partial charge in [0.25, 0.3) is 0 Å². The number of hydrogen-bond donors (Lipinski definition) is 1. The van der Waals surface area contributed by atoms with E-state index in [4.69, 9.17) is 4.74 Å². The zero-order valence-corrected chi connectivity index (χ0v) is 9.08. The molecule has 1 rings (SSSR count). The molecule has 0 amide bonds. The molecule has 0 spiro atoms. The Morgan fingerprint density at radius 2 is 2.21 bits per heavy atom. The average Bonchev–Trinajstić information content (AvgIpc) is 2.21. The van der Waals surface area contributed by atoms with Gasteiger partial charge in [0.05, 0.1) is 18.5 Å². The molecule has 0 saturated carbocycles. The van der Waals surface area contributed by atoms with Crippen molar-refractivity contribution < 1.29 is 4.74 Å². The van der Waals surface area contributed by atoms with E-state index < -0.39 is 0 Å². The lowest BCUT2D eigenvalue weighted by molar-refractivity contribution is 0.327. The highest BCUT2D eigenvalue weighted by molar-refractivity contribution is 5.42. The monoisotopic (exact) mass is 194 g/mol. The largest absolute Gasteiger partial charge is 0.478 e. The number of nitrogens with zero attached hydrogens (tertiary/aromatic N) is 1. The van der Waals surface area contributed by atoms with Crippen LogP contribution in [0.25, 0.3) is 0 Å². The Kier molecular flexibility index (Phi) is 4.23. The molecule has 3 nitrogen and oxygen atoms in total. The van der Waals surface area contributed by atoms with Gasteiger partial charge in [-0.3, -0.25) is 0 Å². The fourth-order valence-corrected chi connectivity index (χ4v) is 1.09. The molecular formula is C11H18N2O. The Morgan fingerprint density at radius 3 is 2.71 bits per heavy atom. The summed E-state index contributed by atoms with van der Waals surface area (Å²) in [5, 5.41) is 3.34. The maximum atomic E-state index is 5.25. The summed E-state index contributed by atoms with van der Waals surface area (Å²) in [6.45, 7) is 6.91. The number of anilines is 1. The first kappa shape index (κ1) is 10.8. The van der Waals surface area contributed by atoms with Crippen LogP contribution in [0.4, 0.5) is 5.69 Å². The topological polar surface area (TPSA) is 34.1 Å². The van der Waals surface area contributed by atoms with Gasteiger partial charge in [-0.25, -0.2) is 4.98 Å². The second-order valence-corrected chi connectivity index (χ2v) is 3.27. The number of rotatable bonds is 5. The van der Waals surface area contributed by atoms with Crippen molar-refractivity contribution in [3.8, 4) is 5.88 Å². The first-order valence-corrected chi connectivity index (χ1v) is 5.11. The van der Waals surface area contributed by atoms with Gasteiger partial charge in [-0.05, 0) is 26.3 Å². The molecule has 3 heteroatoms. The van der Waals surface area contributed by atoms with Gasteiger partial charge in [0.1, 0.15) is 0 Å². The first-order valence-electron chi connectivity index (χ1n) is 5.11. The fourth-order valence-electron chi connectivity index (χ4n) is 1.09. The third kappa shape index (κ3) is 3.24. The van der Waals surface area contributed by atoms with Crippen molar-refractivity contribution in [1.82, 2.24) is 4.98 Å². The smallest absolute Gasteiger partial charge is 0.213 e. The van der Waals surface area contributed by atoms with E-state index >= 15 is 0 Å². The first-order chi connectivity index (χ1) is 6.76. The Morgan fingerprint density at radius 1 is 1.43 bits per heavy atom. The normalized spacial score (nSPS) is 12.2. The SMILES string of the molecule is CCOc1ccc(NC(C)CC)cn1. The second-order valence-electron chi connectivity index (χ2n) is 3.27. The molecule has 0 saturated heterocycles. The van der Waals surface area contributed by atoms with E-state index in [-0.39, 0.29) is 0 Å². The third-order valence-electron chi connectivity index (χ3n) is 2.05. The highest BCUT2D eigenvalue weighted by Crippen LogP contribution is 2.12. The Bertz CT molecular complexity index is 258. The minimum absolute atomic E-state index is 0.481. The number of aromatic nitrogens is 1. The Labute approximate surface area is 85.5 Å². The van der Waals surface area contributed by atoms with Gasteiger partial charge in [0, 0.05) is 12.1 Å². The van der Waals surface area contributed by atoms with Gasteiger partial charge in [-0.1, -0.05) is 6.92 Å². The van der Waals surface area contributed by atoms with Crippen LogP contribution in [0.1, 0.15) is 27.2 Å². The van der Waals surface area contributed by atoms with Crippen LogP contribution in [0.5, 0.6) is 5.88 Å². The Balaban J connectivity index is 2.54. The maximum absolute atomic E-state index is 5.25. The molecule has 1 N–H and O–H groups in total. The molecule has 14 heavy (non-hydrogen) atoms. The number of ether oxygens (including phenoxy) is 1. The fraction of sp³-hybridized carbons (Fsp3) is 0.545. The molecule has 1 aromatic heterocycles. The van der Waals surface area contributed by atoms with E-state index in [9.17, 15) is 0 Å². The van der Waals surface area contributed by atoms with Crippen molar-refractivity contribution in [2.45, 2.75) is 33.2 Å². The molecule has 0 fully saturated rings. The molecule has 0 bridgehead atoms. The van der Waals surface area contributed by atoms with E-state index in [1.54, 1.807) is 6.20 Å². The Hall–Kier alpha value is -1.25. The lowest BCUT2D eigenvalue weighted by Gasteiger charge is -2.12. The quantitative estimate of drug-likeness (QED) is 0.782. The molecule has 1 unspecified atom stereocenters. The van der Waals surface area contributed by atoms with Crippen molar-refractivity contribution in [1.29, 1.82) is 0 Å². The van der Waals surface area contributed by atoms with Crippen molar-refractivity contribution in [2.24, 2.45) is 0 Å². The highest BCUT2D eigenvalue weighted by atomic mass is 16.5. The van der Waals surface area contributed by atoms with Crippen LogP contribution in [0.2, 0.25) is 0 Å². The van der Waals surface area contributed by atoms with E-state index in [0.717, 1.165) is 12.1 Å². The number of pyridine rings is 1. The minimum atomic E-state index is 0.481. The van der Waals surface area contributed by atoms with Gasteiger partial charge in [-0.2, -0.15) is 0 Å². The summed E-state index contributed by atoms with van der Waals surface area (Å²) >= 11 is 0. The molecule has 0 radical (unpaired) electrons.